The molecule has 5 heteroatoms. The van der Waals surface area contributed by atoms with Gasteiger partial charge in [-0.3, -0.25) is 0 Å². The minimum atomic E-state index is -0.137. The number of hydrogen-bond acceptors (Lipinski definition) is 5. The number of benzene rings is 9. The zero-order chi connectivity index (χ0) is 43.9. The highest BCUT2D eigenvalue weighted by Gasteiger charge is 2.35. The van der Waals surface area contributed by atoms with E-state index >= 15 is 0 Å². The maximum Gasteiger partial charge on any atom is 0.164 e. The fourth-order valence-electron chi connectivity index (χ4n) is 10.3. The third-order valence-corrected chi connectivity index (χ3v) is 13.5. The van der Waals surface area contributed by atoms with Crippen LogP contribution in [0.15, 0.2) is 211 Å². The average Bonchev–Trinajstić information content (AvgIpc) is 3.87. The van der Waals surface area contributed by atoms with Crippen molar-refractivity contribution in [2.24, 2.45) is 0 Å². The summed E-state index contributed by atoms with van der Waals surface area (Å²) in [7, 11) is 0. The van der Waals surface area contributed by atoms with Crippen molar-refractivity contribution in [3.05, 3.63) is 217 Å². The summed E-state index contributed by atoms with van der Waals surface area (Å²) < 4.78 is 6.60. The van der Waals surface area contributed by atoms with Gasteiger partial charge in [-0.2, -0.15) is 0 Å². The molecule has 0 saturated heterocycles. The zero-order valence-corrected chi connectivity index (χ0v) is 36.3. The lowest BCUT2D eigenvalue weighted by molar-refractivity contribution is 0.660. The second-order valence-electron chi connectivity index (χ2n) is 17.7. The summed E-state index contributed by atoms with van der Waals surface area (Å²) in [5.41, 5.74) is 17.0. The quantitative estimate of drug-likeness (QED) is 0.156. The third-order valence-electron chi connectivity index (χ3n) is 13.5. The van der Waals surface area contributed by atoms with Crippen molar-refractivity contribution in [3.63, 3.8) is 0 Å². The van der Waals surface area contributed by atoms with Gasteiger partial charge in [-0.25, -0.2) is 19.9 Å². The Labute approximate surface area is 381 Å². The molecule has 12 aromatic rings. The molecule has 13 rings (SSSR count). The molecular formula is C61H40N4O. The molecule has 0 radical (unpaired) electrons. The molecule has 310 valence electrons. The van der Waals surface area contributed by atoms with E-state index in [9.17, 15) is 0 Å². The molecule has 1 aliphatic carbocycles. The van der Waals surface area contributed by atoms with Gasteiger partial charge in [0.05, 0.1) is 11.2 Å². The van der Waals surface area contributed by atoms with Crippen LogP contribution in [0.4, 0.5) is 0 Å². The fourth-order valence-corrected chi connectivity index (χ4v) is 10.3. The van der Waals surface area contributed by atoms with E-state index in [0.29, 0.717) is 17.5 Å². The van der Waals surface area contributed by atoms with E-state index in [-0.39, 0.29) is 5.41 Å². The highest BCUT2D eigenvalue weighted by Crippen LogP contribution is 2.50. The predicted molar refractivity (Wildman–Crippen MR) is 270 cm³/mol. The first-order valence-corrected chi connectivity index (χ1v) is 22.5. The van der Waals surface area contributed by atoms with Crippen molar-refractivity contribution >= 4 is 43.6 Å². The third kappa shape index (κ3) is 6.01. The Balaban J connectivity index is 0.890. The van der Waals surface area contributed by atoms with Crippen molar-refractivity contribution in [1.82, 2.24) is 19.9 Å². The first kappa shape index (κ1) is 38.0. The SMILES string of the molecule is CC1(C)c2ccccc2-c2ccc(-c3nc(-c4ccccc4)nc(-c4ccc(-c5ccc(-c6nc7ccccc7c7c(-c8ccccc8)c8c(cc67)oc6ccccc68)cc5)cc4)n3)cc21. The van der Waals surface area contributed by atoms with E-state index in [2.05, 4.69) is 196 Å². The first-order valence-electron chi connectivity index (χ1n) is 22.5. The molecule has 3 aromatic heterocycles. The number of hydrogen-bond donors (Lipinski definition) is 0. The van der Waals surface area contributed by atoms with Gasteiger partial charge in [0, 0.05) is 60.2 Å². The van der Waals surface area contributed by atoms with Crippen LogP contribution in [0.5, 0.6) is 0 Å². The Bertz CT molecular complexity index is 3870. The van der Waals surface area contributed by atoms with E-state index in [1.165, 1.54) is 27.6 Å². The van der Waals surface area contributed by atoms with Crippen molar-refractivity contribution in [3.8, 4) is 78.8 Å². The number of para-hydroxylation sites is 2. The fraction of sp³-hybridized carbons (Fsp3) is 0.0492. The van der Waals surface area contributed by atoms with Gasteiger partial charge in [-0.15, -0.1) is 0 Å². The van der Waals surface area contributed by atoms with Gasteiger partial charge in [0.25, 0.3) is 0 Å². The second-order valence-corrected chi connectivity index (χ2v) is 17.7. The molecule has 5 nitrogen and oxygen atoms in total. The molecule has 0 spiro atoms. The molecule has 1 aliphatic rings. The topological polar surface area (TPSA) is 64.7 Å². The van der Waals surface area contributed by atoms with E-state index in [1.54, 1.807) is 0 Å². The average molecular weight is 845 g/mol. The van der Waals surface area contributed by atoms with Crippen molar-refractivity contribution in [1.29, 1.82) is 0 Å². The summed E-state index contributed by atoms with van der Waals surface area (Å²) in [5.74, 6) is 1.93. The van der Waals surface area contributed by atoms with Gasteiger partial charge in [-0.05, 0) is 63.2 Å². The normalized spacial score (nSPS) is 12.8. The summed E-state index contributed by atoms with van der Waals surface area (Å²) in [4.78, 5) is 20.6. The van der Waals surface area contributed by atoms with Crippen LogP contribution in [0.2, 0.25) is 0 Å². The number of pyridine rings is 1. The Morgan fingerprint density at radius 1 is 0.348 bits per heavy atom. The monoisotopic (exact) mass is 844 g/mol. The van der Waals surface area contributed by atoms with Gasteiger partial charge in [0.1, 0.15) is 11.2 Å². The molecule has 0 bridgehead atoms. The lowest BCUT2D eigenvalue weighted by Gasteiger charge is -2.21. The van der Waals surface area contributed by atoms with Crippen LogP contribution < -0.4 is 0 Å². The second kappa shape index (κ2) is 14.8. The molecule has 0 aliphatic heterocycles. The number of fused-ring (bicyclic) bond motifs is 9. The number of aromatic nitrogens is 4. The largest absolute Gasteiger partial charge is 0.456 e. The molecular weight excluding hydrogens is 805 g/mol. The van der Waals surface area contributed by atoms with Gasteiger partial charge >= 0.3 is 0 Å². The highest BCUT2D eigenvalue weighted by atomic mass is 16.3. The van der Waals surface area contributed by atoms with Crippen LogP contribution in [0.1, 0.15) is 25.0 Å². The Morgan fingerprint density at radius 3 is 1.61 bits per heavy atom. The summed E-state index contributed by atoms with van der Waals surface area (Å²) >= 11 is 0. The summed E-state index contributed by atoms with van der Waals surface area (Å²) in [5, 5.41) is 5.56. The van der Waals surface area contributed by atoms with Gasteiger partial charge in [0.2, 0.25) is 0 Å². The summed E-state index contributed by atoms with van der Waals surface area (Å²) in [6, 6.07) is 72.5. The zero-order valence-electron chi connectivity index (χ0n) is 36.3. The summed E-state index contributed by atoms with van der Waals surface area (Å²) in [6.45, 7) is 4.60. The van der Waals surface area contributed by atoms with Crippen molar-refractivity contribution in [2.45, 2.75) is 19.3 Å². The molecule has 0 N–H and O–H groups in total. The number of furan rings is 1. The lowest BCUT2D eigenvalue weighted by Crippen LogP contribution is -2.15. The van der Waals surface area contributed by atoms with E-state index < -0.39 is 0 Å². The smallest absolute Gasteiger partial charge is 0.164 e. The lowest BCUT2D eigenvalue weighted by atomic mass is 9.82. The molecule has 0 amide bonds. The van der Waals surface area contributed by atoms with Crippen LogP contribution in [0.3, 0.4) is 0 Å². The van der Waals surface area contributed by atoms with Crippen molar-refractivity contribution < 1.29 is 4.42 Å². The standard InChI is InChI=1S/C61H40N4O/c1-61(2)49-22-12-9-19-44(49)45-34-33-43(35-50(45)61)60-64-58(41-17-7-4-8-18-41)63-59(65-60)42-31-27-38(28-32-42)37-25-29-40(30-26-37)57-48-36-53-56(47-21-11-14-24-52(47)66-53)54(39-15-5-3-6-16-39)55(48)46-20-10-13-23-51(46)62-57/h3-36H,1-2H3. The van der Waals surface area contributed by atoms with E-state index in [1.807, 2.05) is 24.3 Å². The van der Waals surface area contributed by atoms with E-state index in [4.69, 9.17) is 24.4 Å². The van der Waals surface area contributed by atoms with Gasteiger partial charge in [-0.1, -0.05) is 196 Å². The minimum absolute atomic E-state index is 0.137. The maximum absolute atomic E-state index is 6.60. The Hall–Kier alpha value is -8.54. The molecule has 3 heterocycles. The van der Waals surface area contributed by atoms with Crippen LogP contribution in [-0.2, 0) is 5.41 Å². The summed E-state index contributed by atoms with van der Waals surface area (Å²) in [6.07, 6.45) is 0. The van der Waals surface area contributed by atoms with E-state index in [0.717, 1.165) is 88.4 Å². The van der Waals surface area contributed by atoms with Crippen molar-refractivity contribution in [2.75, 3.05) is 0 Å². The van der Waals surface area contributed by atoms with Crippen LogP contribution in [-0.4, -0.2) is 19.9 Å². The number of rotatable bonds is 6. The molecule has 9 aromatic carbocycles. The van der Waals surface area contributed by atoms with Crippen LogP contribution in [0, 0.1) is 0 Å². The highest BCUT2D eigenvalue weighted by molar-refractivity contribution is 6.27. The molecule has 0 unspecified atom stereocenters. The van der Waals surface area contributed by atoms with Gasteiger partial charge in [0.15, 0.2) is 17.5 Å². The molecule has 0 saturated carbocycles. The molecule has 0 atom stereocenters. The molecule has 0 fully saturated rings. The predicted octanol–water partition coefficient (Wildman–Crippen LogP) is 15.8. The minimum Gasteiger partial charge on any atom is -0.456 e. The number of nitrogens with zero attached hydrogens (tertiary/aromatic N) is 4. The Kier molecular flexibility index (Phi) is 8.49. The van der Waals surface area contributed by atoms with Gasteiger partial charge < -0.3 is 4.42 Å². The maximum atomic E-state index is 6.60. The first-order chi connectivity index (χ1) is 32.5. The van der Waals surface area contributed by atoms with Crippen LogP contribution in [0.25, 0.3) is 122 Å². The Morgan fingerprint density at radius 2 is 0.879 bits per heavy atom. The molecule has 66 heavy (non-hydrogen) atoms. The van der Waals surface area contributed by atoms with Crippen LogP contribution >= 0.6 is 0 Å².